The minimum Gasteiger partial charge on any atom is -0.490 e. The maximum Gasteiger partial charge on any atom is 0.282 e. The normalized spacial score (nSPS) is 13.5. The van der Waals surface area contributed by atoms with Gasteiger partial charge in [-0.05, 0) is 50.6 Å². The van der Waals surface area contributed by atoms with Crippen LogP contribution in [0.1, 0.15) is 25.0 Å². The first-order chi connectivity index (χ1) is 16.5. The molecule has 6 nitrogen and oxygen atoms in total. The maximum absolute atomic E-state index is 13.8. The van der Waals surface area contributed by atoms with Gasteiger partial charge in [-0.3, -0.25) is 9.59 Å². The van der Waals surface area contributed by atoms with Gasteiger partial charge in [0.05, 0.1) is 24.5 Å². The SMILES string of the molecule is CCOc1ccc(N2C(=O)C(c3ccc(C)cc3)=C(N(C)c3ccccc3)C2=O)cc1OCC. The molecule has 4 rings (SSSR count). The Morgan fingerprint density at radius 1 is 0.794 bits per heavy atom. The topological polar surface area (TPSA) is 59.1 Å². The van der Waals surface area contributed by atoms with Crippen molar-refractivity contribution in [2.24, 2.45) is 0 Å². The second-order valence-electron chi connectivity index (χ2n) is 7.93. The Labute approximate surface area is 200 Å². The van der Waals surface area contributed by atoms with Crippen LogP contribution in [-0.4, -0.2) is 32.1 Å². The number of likely N-dealkylation sites (N-methyl/N-ethyl adjacent to an activating group) is 1. The number of amides is 2. The monoisotopic (exact) mass is 456 g/mol. The fourth-order valence-electron chi connectivity index (χ4n) is 4.00. The number of ether oxygens (including phenoxy) is 2. The third kappa shape index (κ3) is 4.27. The quantitative estimate of drug-likeness (QED) is 0.436. The van der Waals surface area contributed by atoms with E-state index < -0.39 is 5.91 Å². The molecule has 0 spiro atoms. The van der Waals surface area contributed by atoms with Crippen LogP contribution in [-0.2, 0) is 9.59 Å². The van der Waals surface area contributed by atoms with E-state index in [0.717, 1.165) is 11.3 Å². The number of aryl methyl sites for hydroxylation is 1. The van der Waals surface area contributed by atoms with Crippen molar-refractivity contribution < 1.29 is 19.1 Å². The molecular formula is C28H28N2O4. The number of nitrogens with zero attached hydrogens (tertiary/aromatic N) is 2. The van der Waals surface area contributed by atoms with Crippen molar-refractivity contribution in [3.05, 3.63) is 89.6 Å². The van der Waals surface area contributed by atoms with E-state index in [2.05, 4.69) is 0 Å². The summed E-state index contributed by atoms with van der Waals surface area (Å²) < 4.78 is 11.4. The van der Waals surface area contributed by atoms with Gasteiger partial charge in [0.15, 0.2) is 11.5 Å². The molecule has 0 radical (unpaired) electrons. The number of hydrogen-bond acceptors (Lipinski definition) is 5. The second-order valence-corrected chi connectivity index (χ2v) is 7.93. The van der Waals surface area contributed by atoms with Crippen LogP contribution in [0.25, 0.3) is 5.57 Å². The molecule has 0 bridgehead atoms. The van der Waals surface area contributed by atoms with E-state index in [0.29, 0.717) is 47.2 Å². The number of carbonyl (C=O) groups is 2. The molecule has 3 aromatic carbocycles. The molecule has 6 heteroatoms. The summed E-state index contributed by atoms with van der Waals surface area (Å²) in [5.41, 5.74) is 3.70. The van der Waals surface area contributed by atoms with Crippen molar-refractivity contribution >= 4 is 28.8 Å². The van der Waals surface area contributed by atoms with Crippen molar-refractivity contribution in [1.29, 1.82) is 0 Å². The zero-order chi connectivity index (χ0) is 24.2. The molecule has 0 unspecified atom stereocenters. The number of rotatable bonds is 8. The Kier molecular flexibility index (Phi) is 6.68. The van der Waals surface area contributed by atoms with E-state index in [-0.39, 0.29) is 5.91 Å². The molecule has 1 aliphatic rings. The van der Waals surface area contributed by atoms with Gasteiger partial charge in [0.2, 0.25) is 0 Å². The van der Waals surface area contributed by atoms with Crippen molar-refractivity contribution in [3.8, 4) is 11.5 Å². The first-order valence-electron chi connectivity index (χ1n) is 11.3. The van der Waals surface area contributed by atoms with Gasteiger partial charge in [-0.2, -0.15) is 0 Å². The molecule has 174 valence electrons. The number of benzene rings is 3. The standard InChI is InChI=1S/C28H28N2O4/c1-5-33-23-17-16-22(18-24(23)34-6-2)30-27(31)25(20-14-12-19(3)13-15-20)26(28(30)32)29(4)21-10-8-7-9-11-21/h7-18H,5-6H2,1-4H3. The molecule has 1 heterocycles. The molecule has 0 aromatic heterocycles. The first kappa shape index (κ1) is 23.1. The van der Waals surface area contributed by atoms with Crippen molar-refractivity contribution in [1.82, 2.24) is 0 Å². The highest BCUT2D eigenvalue weighted by molar-refractivity contribution is 6.46. The summed E-state index contributed by atoms with van der Waals surface area (Å²) in [4.78, 5) is 30.6. The molecule has 0 fully saturated rings. The van der Waals surface area contributed by atoms with Gasteiger partial charge in [0.1, 0.15) is 5.70 Å². The highest BCUT2D eigenvalue weighted by Gasteiger charge is 2.42. The van der Waals surface area contributed by atoms with Crippen LogP contribution in [0.3, 0.4) is 0 Å². The molecule has 0 aliphatic carbocycles. The molecule has 2 amide bonds. The lowest BCUT2D eigenvalue weighted by atomic mass is 10.0. The molecule has 34 heavy (non-hydrogen) atoms. The molecular weight excluding hydrogens is 428 g/mol. The van der Waals surface area contributed by atoms with E-state index in [4.69, 9.17) is 9.47 Å². The Morgan fingerprint density at radius 2 is 1.44 bits per heavy atom. The van der Waals surface area contributed by atoms with Gasteiger partial charge in [-0.1, -0.05) is 48.0 Å². The minimum absolute atomic E-state index is 0.326. The molecule has 0 saturated carbocycles. The summed E-state index contributed by atoms with van der Waals surface area (Å²) in [7, 11) is 1.80. The van der Waals surface area contributed by atoms with Gasteiger partial charge < -0.3 is 14.4 Å². The fraction of sp³-hybridized carbons (Fsp3) is 0.214. The summed E-state index contributed by atoms with van der Waals surface area (Å²) in [6, 6.07) is 22.3. The van der Waals surface area contributed by atoms with E-state index in [1.165, 1.54) is 4.90 Å². The van der Waals surface area contributed by atoms with E-state index in [1.807, 2.05) is 75.4 Å². The molecule has 1 aliphatic heterocycles. The average Bonchev–Trinajstić information content (AvgIpc) is 3.11. The fourth-order valence-corrected chi connectivity index (χ4v) is 4.00. The van der Waals surface area contributed by atoms with E-state index in [9.17, 15) is 9.59 Å². The zero-order valence-corrected chi connectivity index (χ0v) is 19.9. The van der Waals surface area contributed by atoms with Crippen LogP contribution in [0, 0.1) is 6.92 Å². The van der Waals surface area contributed by atoms with Gasteiger partial charge in [-0.25, -0.2) is 4.90 Å². The van der Waals surface area contributed by atoms with Crippen LogP contribution in [0.5, 0.6) is 11.5 Å². The zero-order valence-electron chi connectivity index (χ0n) is 19.9. The third-order valence-electron chi connectivity index (χ3n) is 5.66. The van der Waals surface area contributed by atoms with Crippen LogP contribution >= 0.6 is 0 Å². The molecule has 3 aromatic rings. The summed E-state index contributed by atoms with van der Waals surface area (Å²) >= 11 is 0. The summed E-state index contributed by atoms with van der Waals surface area (Å²) in [5, 5.41) is 0. The minimum atomic E-state index is -0.390. The largest absolute Gasteiger partial charge is 0.490 e. The van der Waals surface area contributed by atoms with Crippen molar-refractivity contribution in [3.63, 3.8) is 0 Å². The lowest BCUT2D eigenvalue weighted by molar-refractivity contribution is -0.120. The number of hydrogen-bond donors (Lipinski definition) is 0. The van der Waals surface area contributed by atoms with Crippen molar-refractivity contribution in [2.75, 3.05) is 30.1 Å². The number of para-hydroxylation sites is 1. The summed E-state index contributed by atoms with van der Waals surface area (Å²) in [5.74, 6) is 0.293. The van der Waals surface area contributed by atoms with Gasteiger partial charge in [0, 0.05) is 18.8 Å². The van der Waals surface area contributed by atoms with E-state index in [1.54, 1.807) is 30.1 Å². The summed E-state index contributed by atoms with van der Waals surface area (Å²) in [6.45, 7) is 6.66. The predicted octanol–water partition coefficient (Wildman–Crippen LogP) is 5.21. The predicted molar refractivity (Wildman–Crippen MR) is 134 cm³/mol. The maximum atomic E-state index is 13.8. The highest BCUT2D eigenvalue weighted by atomic mass is 16.5. The van der Waals surface area contributed by atoms with Crippen molar-refractivity contribution in [2.45, 2.75) is 20.8 Å². The van der Waals surface area contributed by atoms with Crippen LogP contribution < -0.4 is 19.3 Å². The van der Waals surface area contributed by atoms with Crippen LogP contribution in [0.4, 0.5) is 11.4 Å². The van der Waals surface area contributed by atoms with Gasteiger partial charge >= 0.3 is 0 Å². The first-order valence-corrected chi connectivity index (χ1v) is 11.3. The Morgan fingerprint density at radius 3 is 2.09 bits per heavy atom. The number of anilines is 2. The van der Waals surface area contributed by atoms with E-state index >= 15 is 0 Å². The second kappa shape index (κ2) is 9.83. The van der Waals surface area contributed by atoms with Crippen LogP contribution in [0.2, 0.25) is 0 Å². The molecule has 0 N–H and O–H groups in total. The Bertz CT molecular complexity index is 1230. The average molecular weight is 457 g/mol. The van der Waals surface area contributed by atoms with Gasteiger partial charge in [-0.15, -0.1) is 0 Å². The Balaban J connectivity index is 1.83. The highest BCUT2D eigenvalue weighted by Crippen LogP contribution is 2.39. The number of imide groups is 1. The lowest BCUT2D eigenvalue weighted by Gasteiger charge is -2.22. The smallest absolute Gasteiger partial charge is 0.282 e. The lowest BCUT2D eigenvalue weighted by Crippen LogP contribution is -2.34. The Hall–Kier alpha value is -4.06. The molecule has 0 saturated heterocycles. The summed E-state index contributed by atoms with van der Waals surface area (Å²) in [6.07, 6.45) is 0. The molecule has 0 atom stereocenters. The van der Waals surface area contributed by atoms with Gasteiger partial charge in [0.25, 0.3) is 11.8 Å². The number of carbonyl (C=O) groups excluding carboxylic acids is 2. The van der Waals surface area contributed by atoms with Crippen LogP contribution in [0.15, 0.2) is 78.5 Å². The third-order valence-corrected chi connectivity index (χ3v) is 5.66.